The van der Waals surface area contributed by atoms with Crippen molar-refractivity contribution in [2.75, 3.05) is 13.1 Å². The average molecular weight is 318 g/mol. The molecule has 0 radical (unpaired) electrons. The molecule has 1 aliphatic rings. The molecule has 7 nitrogen and oxygen atoms in total. The monoisotopic (exact) mass is 318 g/mol. The van der Waals surface area contributed by atoms with E-state index in [0.717, 1.165) is 13.1 Å². The summed E-state index contributed by atoms with van der Waals surface area (Å²) in [5.74, 6) is 2.55. The first-order chi connectivity index (χ1) is 11.0. The zero-order valence-corrected chi connectivity index (χ0v) is 13.7. The molecule has 1 aliphatic heterocycles. The SMILES string of the molecule is CC(=O)NC1CN(Cc2nc(-c3ccco3)no2)CC1C(C)C. The van der Waals surface area contributed by atoms with Gasteiger partial charge in [0, 0.05) is 26.1 Å². The zero-order valence-electron chi connectivity index (χ0n) is 13.7. The van der Waals surface area contributed by atoms with E-state index in [9.17, 15) is 4.79 Å². The van der Waals surface area contributed by atoms with Crippen molar-refractivity contribution in [3.05, 3.63) is 24.3 Å². The van der Waals surface area contributed by atoms with Crippen LogP contribution in [0.3, 0.4) is 0 Å². The summed E-state index contributed by atoms with van der Waals surface area (Å²) in [5, 5.41) is 7.00. The van der Waals surface area contributed by atoms with E-state index in [1.54, 1.807) is 25.3 Å². The van der Waals surface area contributed by atoms with Crippen molar-refractivity contribution in [2.45, 2.75) is 33.4 Å². The van der Waals surface area contributed by atoms with E-state index in [0.29, 0.717) is 35.9 Å². The number of hydrogen-bond acceptors (Lipinski definition) is 6. The molecule has 2 aromatic rings. The highest BCUT2D eigenvalue weighted by atomic mass is 16.5. The van der Waals surface area contributed by atoms with Crippen LogP contribution in [0.5, 0.6) is 0 Å². The molecule has 1 amide bonds. The van der Waals surface area contributed by atoms with Gasteiger partial charge in [0.2, 0.25) is 17.6 Å². The quantitative estimate of drug-likeness (QED) is 0.906. The molecule has 2 atom stereocenters. The minimum atomic E-state index is 0.0143. The average Bonchev–Trinajstić information content (AvgIpc) is 3.18. The first kappa shape index (κ1) is 15.7. The van der Waals surface area contributed by atoms with E-state index in [1.807, 2.05) is 0 Å². The maximum atomic E-state index is 11.4. The van der Waals surface area contributed by atoms with E-state index in [-0.39, 0.29) is 11.9 Å². The lowest BCUT2D eigenvalue weighted by atomic mass is 9.91. The number of nitrogens with one attached hydrogen (secondary N) is 1. The van der Waals surface area contributed by atoms with E-state index < -0.39 is 0 Å². The maximum absolute atomic E-state index is 11.4. The Morgan fingerprint density at radius 3 is 2.96 bits per heavy atom. The van der Waals surface area contributed by atoms with Gasteiger partial charge in [-0.25, -0.2) is 0 Å². The van der Waals surface area contributed by atoms with Gasteiger partial charge >= 0.3 is 0 Å². The number of hydrogen-bond donors (Lipinski definition) is 1. The standard InChI is InChI=1S/C16H22N4O3/c1-10(2)12-7-20(8-13(12)17-11(3)21)9-15-18-16(19-23-15)14-5-4-6-22-14/h4-6,10,12-13H,7-9H2,1-3H3,(H,17,21). The fraction of sp³-hybridized carbons (Fsp3) is 0.562. The number of carbonyl (C=O) groups excluding carboxylic acids is 1. The summed E-state index contributed by atoms with van der Waals surface area (Å²) in [5.41, 5.74) is 0. The van der Waals surface area contributed by atoms with Gasteiger partial charge in [0.25, 0.3) is 0 Å². The highest BCUT2D eigenvalue weighted by Crippen LogP contribution is 2.26. The Morgan fingerprint density at radius 1 is 1.48 bits per heavy atom. The summed E-state index contributed by atoms with van der Waals surface area (Å²) >= 11 is 0. The Morgan fingerprint density at radius 2 is 2.30 bits per heavy atom. The number of likely N-dealkylation sites (tertiary alicyclic amines) is 1. The molecular formula is C16H22N4O3. The van der Waals surface area contributed by atoms with Gasteiger partial charge in [-0.15, -0.1) is 0 Å². The smallest absolute Gasteiger partial charge is 0.241 e. The van der Waals surface area contributed by atoms with Crippen molar-refractivity contribution in [3.8, 4) is 11.6 Å². The number of carbonyl (C=O) groups is 1. The Hall–Kier alpha value is -2.15. The minimum absolute atomic E-state index is 0.0143. The molecule has 0 bridgehead atoms. The molecular weight excluding hydrogens is 296 g/mol. The van der Waals surface area contributed by atoms with Gasteiger partial charge in [0.1, 0.15) is 0 Å². The van der Waals surface area contributed by atoms with Crippen molar-refractivity contribution < 1.29 is 13.7 Å². The van der Waals surface area contributed by atoms with Crippen molar-refractivity contribution >= 4 is 5.91 Å². The maximum Gasteiger partial charge on any atom is 0.241 e. The predicted molar refractivity (Wildman–Crippen MR) is 83.2 cm³/mol. The van der Waals surface area contributed by atoms with Gasteiger partial charge in [-0.3, -0.25) is 9.69 Å². The highest BCUT2D eigenvalue weighted by molar-refractivity contribution is 5.73. The molecule has 1 fully saturated rings. The largest absolute Gasteiger partial charge is 0.461 e. The van der Waals surface area contributed by atoms with Crippen molar-refractivity contribution in [2.24, 2.45) is 11.8 Å². The second-order valence-electron chi connectivity index (χ2n) is 6.40. The number of furan rings is 1. The van der Waals surface area contributed by atoms with Gasteiger partial charge in [0.15, 0.2) is 5.76 Å². The lowest BCUT2D eigenvalue weighted by molar-refractivity contribution is -0.119. The molecule has 0 saturated carbocycles. The molecule has 3 heterocycles. The predicted octanol–water partition coefficient (Wildman–Crippen LogP) is 1.92. The first-order valence-corrected chi connectivity index (χ1v) is 7.89. The lowest BCUT2D eigenvalue weighted by Crippen LogP contribution is -2.40. The third-order valence-corrected chi connectivity index (χ3v) is 4.25. The van der Waals surface area contributed by atoms with Crippen LogP contribution < -0.4 is 5.32 Å². The van der Waals surface area contributed by atoms with Gasteiger partial charge in [-0.1, -0.05) is 19.0 Å². The van der Waals surface area contributed by atoms with Gasteiger partial charge < -0.3 is 14.3 Å². The highest BCUT2D eigenvalue weighted by Gasteiger charge is 2.35. The van der Waals surface area contributed by atoms with E-state index in [2.05, 4.69) is 34.2 Å². The molecule has 0 aliphatic carbocycles. The molecule has 1 N–H and O–H groups in total. The topological polar surface area (TPSA) is 84.4 Å². The van der Waals surface area contributed by atoms with Crippen LogP contribution in [0.4, 0.5) is 0 Å². The normalized spacial score (nSPS) is 21.9. The molecule has 2 unspecified atom stereocenters. The third kappa shape index (κ3) is 3.61. The van der Waals surface area contributed by atoms with Gasteiger partial charge in [0.05, 0.1) is 12.8 Å². The van der Waals surface area contributed by atoms with Crippen LogP contribution in [-0.2, 0) is 11.3 Å². The molecule has 7 heteroatoms. The molecule has 124 valence electrons. The lowest BCUT2D eigenvalue weighted by Gasteiger charge is -2.22. The van der Waals surface area contributed by atoms with Crippen LogP contribution in [0.25, 0.3) is 11.6 Å². The molecule has 3 rings (SSSR count). The Kier molecular flexibility index (Phi) is 4.47. The fourth-order valence-corrected chi connectivity index (χ4v) is 3.15. The number of amides is 1. The Balaban J connectivity index is 1.65. The van der Waals surface area contributed by atoms with Crippen LogP contribution >= 0.6 is 0 Å². The Bertz CT molecular complexity index is 650. The van der Waals surface area contributed by atoms with Crippen molar-refractivity contribution in [1.29, 1.82) is 0 Å². The second-order valence-corrected chi connectivity index (χ2v) is 6.40. The summed E-state index contributed by atoms with van der Waals surface area (Å²) in [6.45, 7) is 8.21. The fourth-order valence-electron chi connectivity index (χ4n) is 3.15. The summed E-state index contributed by atoms with van der Waals surface area (Å²) in [4.78, 5) is 18.0. The summed E-state index contributed by atoms with van der Waals surface area (Å²) in [6.07, 6.45) is 1.58. The number of nitrogens with zero attached hydrogens (tertiary/aromatic N) is 3. The number of rotatable bonds is 5. The molecule has 2 aromatic heterocycles. The molecule has 1 saturated heterocycles. The van der Waals surface area contributed by atoms with Crippen molar-refractivity contribution in [3.63, 3.8) is 0 Å². The molecule has 0 aromatic carbocycles. The summed E-state index contributed by atoms with van der Waals surface area (Å²) < 4.78 is 10.6. The van der Waals surface area contributed by atoms with E-state index >= 15 is 0 Å². The first-order valence-electron chi connectivity index (χ1n) is 7.89. The van der Waals surface area contributed by atoms with Crippen LogP contribution in [0.15, 0.2) is 27.3 Å². The van der Waals surface area contributed by atoms with Crippen LogP contribution in [0.2, 0.25) is 0 Å². The van der Waals surface area contributed by atoms with Crippen LogP contribution in [0, 0.1) is 11.8 Å². The summed E-state index contributed by atoms with van der Waals surface area (Å²) in [6, 6.07) is 3.75. The number of aromatic nitrogens is 2. The molecule has 0 spiro atoms. The zero-order chi connectivity index (χ0) is 16.4. The molecule has 23 heavy (non-hydrogen) atoms. The second kappa shape index (κ2) is 6.54. The summed E-state index contributed by atoms with van der Waals surface area (Å²) in [7, 11) is 0. The minimum Gasteiger partial charge on any atom is -0.461 e. The van der Waals surface area contributed by atoms with Gasteiger partial charge in [-0.2, -0.15) is 4.98 Å². The van der Waals surface area contributed by atoms with Crippen molar-refractivity contribution in [1.82, 2.24) is 20.4 Å². The Labute approximate surface area is 135 Å². The van der Waals surface area contributed by atoms with E-state index in [1.165, 1.54) is 0 Å². The van der Waals surface area contributed by atoms with E-state index in [4.69, 9.17) is 8.94 Å². The van der Waals surface area contributed by atoms with Crippen LogP contribution in [-0.4, -0.2) is 40.1 Å². The van der Waals surface area contributed by atoms with Gasteiger partial charge in [-0.05, 0) is 24.0 Å². The third-order valence-electron chi connectivity index (χ3n) is 4.25. The van der Waals surface area contributed by atoms with Crippen LogP contribution in [0.1, 0.15) is 26.7 Å².